The van der Waals surface area contributed by atoms with Gasteiger partial charge < -0.3 is 13.7 Å². The fourth-order valence-corrected chi connectivity index (χ4v) is 8.09. The van der Waals surface area contributed by atoms with Gasteiger partial charge in [-0.25, -0.2) is 9.97 Å². The van der Waals surface area contributed by atoms with Crippen LogP contribution in [0.15, 0.2) is 188 Å². The molecule has 0 bridgehead atoms. The summed E-state index contributed by atoms with van der Waals surface area (Å²) in [6, 6.07) is 64.4. The van der Waals surface area contributed by atoms with Crippen LogP contribution in [0.25, 0.3) is 94.4 Å². The first-order valence-corrected chi connectivity index (χ1v) is 17.9. The van der Waals surface area contributed by atoms with Gasteiger partial charge in [-0.2, -0.15) is 0 Å². The second-order valence-corrected chi connectivity index (χ2v) is 13.5. The van der Waals surface area contributed by atoms with Crippen molar-refractivity contribution in [2.75, 3.05) is 0 Å². The lowest BCUT2D eigenvalue weighted by Gasteiger charge is -2.12. The minimum absolute atomic E-state index is 0.684. The topological polar surface area (TPSA) is 40.6 Å². The highest BCUT2D eigenvalue weighted by Gasteiger charge is 2.18. The molecule has 0 atom stereocenters. The van der Waals surface area contributed by atoms with Gasteiger partial charge in [-0.15, -0.1) is 0 Å². The Morgan fingerprint density at radius 1 is 0.321 bits per heavy atom. The lowest BCUT2D eigenvalue weighted by atomic mass is 10.1. The summed E-state index contributed by atoms with van der Waals surface area (Å²) >= 11 is 0. The van der Waals surface area contributed by atoms with Crippen molar-refractivity contribution in [1.29, 1.82) is 0 Å². The van der Waals surface area contributed by atoms with Crippen molar-refractivity contribution in [2.24, 2.45) is 0 Å². The van der Waals surface area contributed by atoms with E-state index in [9.17, 15) is 0 Å². The Kier molecular flexibility index (Phi) is 6.48. The van der Waals surface area contributed by atoms with Crippen LogP contribution in [0.1, 0.15) is 0 Å². The zero-order valence-corrected chi connectivity index (χ0v) is 28.6. The number of fused-ring (bicyclic) bond motifs is 7. The van der Waals surface area contributed by atoms with Gasteiger partial charge in [0.05, 0.1) is 27.8 Å². The normalized spacial score (nSPS) is 11.8. The minimum atomic E-state index is 0.684. The third-order valence-electron chi connectivity index (χ3n) is 10.5. The number of benzene rings is 7. The highest BCUT2D eigenvalue weighted by Crippen LogP contribution is 2.36. The van der Waals surface area contributed by atoms with E-state index in [1.54, 1.807) is 0 Å². The van der Waals surface area contributed by atoms with Gasteiger partial charge in [-0.3, -0.25) is 0 Å². The zero-order chi connectivity index (χ0) is 34.9. The Hall–Kier alpha value is -7.24. The number of aromatic nitrogens is 5. The molecule has 0 aliphatic rings. The van der Waals surface area contributed by atoms with Crippen LogP contribution in [0.4, 0.5) is 0 Å². The standard InChI is InChI=1S/C48H31N5/c1-2-12-34(13-3-1)51-31-30-41-46(32-22-26-35(27-23-32)52-42-18-8-4-14-37(42)38-15-5-9-19-43(38)52)49-47(50-48(41)51)33-24-28-36(29-25-33)53-44-20-10-6-16-39(44)40-17-7-11-21-45(40)53/h1-31H. The quantitative estimate of drug-likeness (QED) is 0.182. The molecule has 11 aromatic rings. The maximum Gasteiger partial charge on any atom is 0.162 e. The van der Waals surface area contributed by atoms with E-state index < -0.39 is 0 Å². The summed E-state index contributed by atoms with van der Waals surface area (Å²) in [6.07, 6.45) is 2.10. The summed E-state index contributed by atoms with van der Waals surface area (Å²) in [5.74, 6) is 0.684. The Morgan fingerprint density at radius 2 is 0.755 bits per heavy atom. The lowest BCUT2D eigenvalue weighted by molar-refractivity contribution is 1.08. The molecule has 0 aliphatic heterocycles. The van der Waals surface area contributed by atoms with Crippen LogP contribution in [0, 0.1) is 0 Å². The molecule has 0 spiro atoms. The molecule has 53 heavy (non-hydrogen) atoms. The van der Waals surface area contributed by atoms with Gasteiger partial charge in [0, 0.05) is 61.3 Å². The number of hydrogen-bond donors (Lipinski definition) is 0. The molecule has 7 aromatic carbocycles. The maximum absolute atomic E-state index is 5.29. The van der Waals surface area contributed by atoms with E-state index >= 15 is 0 Å². The van der Waals surface area contributed by atoms with E-state index in [0.29, 0.717) is 5.82 Å². The van der Waals surface area contributed by atoms with E-state index in [2.05, 4.69) is 196 Å². The van der Waals surface area contributed by atoms with Crippen LogP contribution < -0.4 is 0 Å². The van der Waals surface area contributed by atoms with Crippen LogP contribution in [0.5, 0.6) is 0 Å². The predicted molar refractivity (Wildman–Crippen MR) is 218 cm³/mol. The molecule has 0 N–H and O–H groups in total. The average Bonchev–Trinajstić information content (AvgIpc) is 3.92. The first-order valence-electron chi connectivity index (χ1n) is 17.9. The number of para-hydroxylation sites is 5. The predicted octanol–water partition coefficient (Wildman–Crippen LogP) is 11.9. The van der Waals surface area contributed by atoms with E-state index in [1.807, 2.05) is 6.07 Å². The van der Waals surface area contributed by atoms with Gasteiger partial charge in [-0.05, 0) is 78.9 Å². The van der Waals surface area contributed by atoms with Gasteiger partial charge in [0.15, 0.2) is 5.82 Å². The van der Waals surface area contributed by atoms with Gasteiger partial charge >= 0.3 is 0 Å². The molecular formula is C48H31N5. The van der Waals surface area contributed by atoms with Crippen molar-refractivity contribution < 1.29 is 0 Å². The number of nitrogens with zero attached hydrogens (tertiary/aromatic N) is 5. The summed E-state index contributed by atoms with van der Waals surface area (Å²) < 4.78 is 6.84. The molecule has 0 amide bonds. The maximum atomic E-state index is 5.29. The summed E-state index contributed by atoms with van der Waals surface area (Å²) in [6.45, 7) is 0. The number of hydrogen-bond acceptors (Lipinski definition) is 2. The highest BCUT2D eigenvalue weighted by atomic mass is 15.1. The molecule has 0 unspecified atom stereocenters. The molecular weight excluding hydrogens is 647 g/mol. The molecule has 4 aromatic heterocycles. The Morgan fingerprint density at radius 3 is 1.25 bits per heavy atom. The summed E-state index contributed by atoms with van der Waals surface area (Å²) in [7, 11) is 0. The molecule has 0 saturated carbocycles. The van der Waals surface area contributed by atoms with Crippen molar-refractivity contribution in [3.8, 4) is 39.7 Å². The second kappa shape index (κ2) is 11.7. The van der Waals surface area contributed by atoms with Gasteiger partial charge in [-0.1, -0.05) is 103 Å². The third-order valence-corrected chi connectivity index (χ3v) is 10.5. The van der Waals surface area contributed by atoms with Crippen LogP contribution in [0.3, 0.4) is 0 Å². The molecule has 4 heterocycles. The van der Waals surface area contributed by atoms with Crippen LogP contribution in [0.2, 0.25) is 0 Å². The van der Waals surface area contributed by atoms with E-state index in [-0.39, 0.29) is 0 Å². The summed E-state index contributed by atoms with van der Waals surface area (Å²) in [4.78, 5) is 10.5. The molecule has 0 saturated heterocycles. The van der Waals surface area contributed by atoms with Crippen molar-refractivity contribution in [3.05, 3.63) is 188 Å². The molecule has 0 aliphatic carbocycles. The van der Waals surface area contributed by atoms with Gasteiger partial charge in [0.1, 0.15) is 5.65 Å². The first kappa shape index (κ1) is 29.5. The fraction of sp³-hybridized carbons (Fsp3) is 0. The van der Waals surface area contributed by atoms with E-state index in [0.717, 1.165) is 44.9 Å². The minimum Gasteiger partial charge on any atom is -0.309 e. The molecule has 0 fully saturated rings. The molecule has 11 rings (SSSR count). The van der Waals surface area contributed by atoms with Crippen LogP contribution in [-0.4, -0.2) is 23.7 Å². The van der Waals surface area contributed by atoms with E-state index in [4.69, 9.17) is 9.97 Å². The smallest absolute Gasteiger partial charge is 0.162 e. The van der Waals surface area contributed by atoms with Crippen molar-refractivity contribution in [1.82, 2.24) is 23.7 Å². The van der Waals surface area contributed by atoms with Crippen LogP contribution >= 0.6 is 0 Å². The summed E-state index contributed by atoms with van der Waals surface area (Å²) in [5, 5.41) is 6.00. The average molecular weight is 678 g/mol. The van der Waals surface area contributed by atoms with Gasteiger partial charge in [0.25, 0.3) is 0 Å². The lowest BCUT2D eigenvalue weighted by Crippen LogP contribution is -2.00. The highest BCUT2D eigenvalue weighted by molar-refractivity contribution is 6.10. The monoisotopic (exact) mass is 677 g/mol. The Labute approximate surface area is 305 Å². The SMILES string of the molecule is c1ccc(-n2ccc3c(-c4ccc(-n5c6ccccc6c6ccccc65)cc4)nc(-c4ccc(-n5c6ccccc6c6ccccc65)cc4)nc32)cc1. The molecule has 5 heteroatoms. The Balaban J connectivity index is 1.06. The summed E-state index contributed by atoms with van der Waals surface area (Å²) in [5.41, 5.74) is 11.8. The van der Waals surface area contributed by atoms with E-state index in [1.165, 1.54) is 43.6 Å². The zero-order valence-electron chi connectivity index (χ0n) is 28.6. The third kappa shape index (κ3) is 4.57. The molecule has 5 nitrogen and oxygen atoms in total. The van der Waals surface area contributed by atoms with Gasteiger partial charge in [0.2, 0.25) is 0 Å². The Bertz CT molecular complexity index is 3040. The first-order chi connectivity index (χ1) is 26.3. The largest absolute Gasteiger partial charge is 0.309 e. The van der Waals surface area contributed by atoms with Crippen molar-refractivity contribution in [3.63, 3.8) is 0 Å². The fourth-order valence-electron chi connectivity index (χ4n) is 8.09. The number of rotatable bonds is 5. The molecule has 0 radical (unpaired) electrons. The van der Waals surface area contributed by atoms with Crippen LogP contribution in [-0.2, 0) is 0 Å². The van der Waals surface area contributed by atoms with Crippen molar-refractivity contribution >= 4 is 54.6 Å². The van der Waals surface area contributed by atoms with Crippen molar-refractivity contribution in [2.45, 2.75) is 0 Å². The molecule has 248 valence electrons. The second-order valence-electron chi connectivity index (χ2n) is 13.5.